The van der Waals surface area contributed by atoms with Gasteiger partial charge >= 0.3 is 0 Å². The lowest BCUT2D eigenvalue weighted by Gasteiger charge is -2.05. The van der Waals surface area contributed by atoms with Crippen LogP contribution < -0.4 is 9.47 Å². The van der Waals surface area contributed by atoms with Crippen molar-refractivity contribution in [3.63, 3.8) is 0 Å². The normalized spacial score (nSPS) is 11.4. The van der Waals surface area contributed by atoms with E-state index >= 15 is 0 Å². The number of ether oxygens (including phenoxy) is 2. The van der Waals surface area contributed by atoms with Gasteiger partial charge in [-0.3, -0.25) is 0 Å². The van der Waals surface area contributed by atoms with E-state index in [-0.39, 0.29) is 0 Å². The molecule has 0 aliphatic carbocycles. The summed E-state index contributed by atoms with van der Waals surface area (Å²) in [5.74, 6) is 1.66. The summed E-state index contributed by atoms with van der Waals surface area (Å²) >= 11 is 3.20. The molecular weight excluding hydrogens is 505 g/mol. The SMILES string of the molecule is COc1ccc(-c2cccc3sc(S(=O)c4cc5c(-c6ccc(OC)cc6)cccc5s4)cc23)cc1. The molecule has 4 aromatic carbocycles. The summed E-state index contributed by atoms with van der Waals surface area (Å²) in [7, 11) is 2.09. The summed E-state index contributed by atoms with van der Waals surface area (Å²) in [6.07, 6.45) is 0. The number of benzene rings is 4. The summed E-state index contributed by atoms with van der Waals surface area (Å²) in [5, 5.41) is 2.24. The van der Waals surface area contributed by atoms with E-state index in [1.54, 1.807) is 36.9 Å². The molecule has 0 unspecified atom stereocenters. The van der Waals surface area contributed by atoms with Crippen LogP contribution in [0, 0.1) is 0 Å². The lowest BCUT2D eigenvalue weighted by atomic mass is 10.0. The van der Waals surface area contributed by atoms with E-state index in [2.05, 4.69) is 72.8 Å². The second kappa shape index (κ2) is 9.54. The third kappa shape index (κ3) is 4.11. The summed E-state index contributed by atoms with van der Waals surface area (Å²) in [4.78, 5) is 0. The second-order valence-electron chi connectivity index (χ2n) is 8.29. The van der Waals surface area contributed by atoms with Gasteiger partial charge in [-0.15, -0.1) is 22.7 Å². The fraction of sp³-hybridized carbons (Fsp3) is 0.0667. The number of rotatable bonds is 6. The Morgan fingerprint density at radius 2 is 1.00 bits per heavy atom. The molecule has 2 aromatic heterocycles. The Morgan fingerprint density at radius 1 is 0.583 bits per heavy atom. The van der Waals surface area contributed by atoms with Gasteiger partial charge in [-0.2, -0.15) is 0 Å². The van der Waals surface area contributed by atoms with Crippen LogP contribution in [0.4, 0.5) is 0 Å². The van der Waals surface area contributed by atoms with Gasteiger partial charge in [0.05, 0.1) is 22.6 Å². The van der Waals surface area contributed by atoms with Gasteiger partial charge in [-0.25, -0.2) is 4.21 Å². The first kappa shape index (κ1) is 23.0. The van der Waals surface area contributed by atoms with Gasteiger partial charge < -0.3 is 9.47 Å². The van der Waals surface area contributed by atoms with E-state index in [9.17, 15) is 4.21 Å². The fourth-order valence-corrected chi connectivity index (χ4v) is 8.53. The Bertz CT molecular complexity index is 1580. The van der Waals surface area contributed by atoms with Gasteiger partial charge in [0.15, 0.2) is 0 Å². The second-order valence-corrected chi connectivity index (χ2v) is 12.4. The van der Waals surface area contributed by atoms with Crippen LogP contribution in [-0.2, 0) is 10.8 Å². The van der Waals surface area contributed by atoms with Crippen LogP contribution in [0.25, 0.3) is 42.4 Å². The molecule has 0 amide bonds. The summed E-state index contributed by atoms with van der Waals surface area (Å²) in [6.45, 7) is 0. The average Bonchev–Trinajstić information content (AvgIpc) is 3.57. The van der Waals surface area contributed by atoms with Crippen molar-refractivity contribution >= 4 is 53.6 Å². The largest absolute Gasteiger partial charge is 0.497 e. The lowest BCUT2D eigenvalue weighted by molar-refractivity contribution is 0.415. The third-order valence-electron chi connectivity index (χ3n) is 6.25. The zero-order valence-electron chi connectivity index (χ0n) is 19.7. The first-order valence-corrected chi connectivity index (χ1v) is 14.2. The van der Waals surface area contributed by atoms with Crippen molar-refractivity contribution in [1.82, 2.24) is 0 Å². The monoisotopic (exact) mass is 526 g/mol. The van der Waals surface area contributed by atoms with Crippen molar-refractivity contribution in [2.45, 2.75) is 8.42 Å². The molecule has 6 aromatic rings. The number of hydrogen-bond donors (Lipinski definition) is 0. The van der Waals surface area contributed by atoms with Crippen molar-refractivity contribution in [2.24, 2.45) is 0 Å². The predicted molar refractivity (Wildman–Crippen MR) is 152 cm³/mol. The van der Waals surface area contributed by atoms with Crippen LogP contribution in [0.2, 0.25) is 0 Å². The molecule has 6 heteroatoms. The highest BCUT2D eigenvalue weighted by Gasteiger charge is 2.17. The number of thiophene rings is 2. The molecule has 0 aliphatic rings. The minimum Gasteiger partial charge on any atom is -0.497 e. The highest BCUT2D eigenvalue weighted by Crippen LogP contribution is 2.41. The molecule has 2 heterocycles. The molecule has 6 rings (SSSR count). The maximum atomic E-state index is 13.7. The molecule has 0 radical (unpaired) electrons. The highest BCUT2D eigenvalue weighted by molar-refractivity contribution is 7.89. The van der Waals surface area contributed by atoms with Crippen LogP contribution in [0.3, 0.4) is 0 Å². The number of fused-ring (bicyclic) bond motifs is 2. The van der Waals surface area contributed by atoms with Gasteiger partial charge in [0.25, 0.3) is 0 Å². The van der Waals surface area contributed by atoms with Gasteiger partial charge in [-0.05, 0) is 70.8 Å². The maximum absolute atomic E-state index is 13.7. The van der Waals surface area contributed by atoms with Crippen molar-refractivity contribution in [3.8, 4) is 33.8 Å². The standard InChI is InChI=1S/C30H22O3S3/c1-32-21-13-9-19(10-14-21)23-5-3-7-27-25(23)17-29(34-27)36(31)30-18-26-24(6-4-8-28(26)35-30)20-11-15-22(33-2)16-12-20/h3-18H,1-2H3. The smallest absolute Gasteiger partial charge is 0.118 e. The molecule has 0 saturated carbocycles. The Labute approximate surface area is 220 Å². The molecule has 0 aliphatic heterocycles. The first-order chi connectivity index (χ1) is 17.6. The molecular formula is C30H22O3S3. The van der Waals surface area contributed by atoms with Crippen LogP contribution in [0.5, 0.6) is 11.5 Å². The predicted octanol–water partition coefficient (Wildman–Crippen LogP) is 8.63. The Hall–Kier alpha value is -3.45. The van der Waals surface area contributed by atoms with Gasteiger partial charge in [0.2, 0.25) is 0 Å². The fourth-order valence-electron chi connectivity index (χ4n) is 4.40. The molecule has 0 fully saturated rings. The average molecular weight is 527 g/mol. The van der Waals surface area contributed by atoms with Crippen LogP contribution in [-0.4, -0.2) is 18.4 Å². The van der Waals surface area contributed by atoms with Crippen molar-refractivity contribution < 1.29 is 13.7 Å². The van der Waals surface area contributed by atoms with E-state index in [1.807, 2.05) is 24.3 Å². The van der Waals surface area contributed by atoms with Crippen molar-refractivity contribution in [3.05, 3.63) is 97.1 Å². The molecule has 36 heavy (non-hydrogen) atoms. The molecule has 178 valence electrons. The first-order valence-electron chi connectivity index (χ1n) is 11.4. The molecule has 0 bridgehead atoms. The Kier molecular flexibility index (Phi) is 6.09. The molecule has 3 nitrogen and oxygen atoms in total. The van der Waals surface area contributed by atoms with Crippen LogP contribution in [0.15, 0.2) is 105 Å². The number of methoxy groups -OCH3 is 2. The van der Waals surface area contributed by atoms with E-state index in [1.165, 1.54) is 0 Å². The van der Waals surface area contributed by atoms with Crippen molar-refractivity contribution in [1.29, 1.82) is 0 Å². The van der Waals surface area contributed by atoms with E-state index in [0.29, 0.717) is 0 Å². The summed E-state index contributed by atoms with van der Waals surface area (Å²) in [5.41, 5.74) is 4.49. The molecule has 0 saturated heterocycles. The zero-order chi connectivity index (χ0) is 24.6. The lowest BCUT2D eigenvalue weighted by Crippen LogP contribution is -1.85. The topological polar surface area (TPSA) is 35.5 Å². The Balaban J connectivity index is 1.39. The minimum absolute atomic E-state index is 0.830. The van der Waals surface area contributed by atoms with E-state index in [4.69, 9.17) is 9.47 Å². The molecule has 0 spiro atoms. The summed E-state index contributed by atoms with van der Waals surface area (Å²) < 4.78 is 28.4. The Morgan fingerprint density at radius 3 is 1.39 bits per heavy atom. The molecule has 0 N–H and O–H groups in total. The van der Waals surface area contributed by atoms with Gasteiger partial charge in [0, 0.05) is 20.2 Å². The van der Waals surface area contributed by atoms with Gasteiger partial charge in [0.1, 0.15) is 22.3 Å². The number of hydrogen-bond acceptors (Lipinski definition) is 5. The van der Waals surface area contributed by atoms with E-state index in [0.717, 1.165) is 62.3 Å². The third-order valence-corrected chi connectivity index (χ3v) is 10.4. The van der Waals surface area contributed by atoms with Crippen LogP contribution >= 0.6 is 22.7 Å². The van der Waals surface area contributed by atoms with E-state index < -0.39 is 10.8 Å². The van der Waals surface area contributed by atoms with Crippen LogP contribution in [0.1, 0.15) is 0 Å². The van der Waals surface area contributed by atoms with Crippen molar-refractivity contribution in [2.75, 3.05) is 14.2 Å². The summed E-state index contributed by atoms with van der Waals surface area (Å²) in [6, 6.07) is 32.9. The maximum Gasteiger partial charge on any atom is 0.118 e. The van der Waals surface area contributed by atoms with Gasteiger partial charge in [-0.1, -0.05) is 48.5 Å². The highest BCUT2D eigenvalue weighted by atomic mass is 32.2. The quantitative estimate of drug-likeness (QED) is 0.218. The minimum atomic E-state index is -1.25. The molecule has 0 atom stereocenters. The zero-order valence-corrected chi connectivity index (χ0v) is 22.1.